The van der Waals surface area contributed by atoms with Crippen LogP contribution in [0, 0.1) is 0 Å². The Kier molecular flexibility index (Phi) is 5.62. The molecular formula is C13H23ClN2OS. The molecule has 0 aliphatic carbocycles. The van der Waals surface area contributed by atoms with Crippen LogP contribution in [-0.2, 0) is 0 Å². The first-order chi connectivity index (χ1) is 8.24. The van der Waals surface area contributed by atoms with Crippen molar-refractivity contribution in [2.75, 3.05) is 13.1 Å². The van der Waals surface area contributed by atoms with Crippen LogP contribution in [0.15, 0.2) is 12.1 Å². The lowest BCUT2D eigenvalue weighted by Gasteiger charge is -2.36. The van der Waals surface area contributed by atoms with Crippen molar-refractivity contribution in [3.05, 3.63) is 21.3 Å². The Morgan fingerprint density at radius 1 is 1.50 bits per heavy atom. The monoisotopic (exact) mass is 290 g/mol. The molecule has 0 saturated carbocycles. The number of thiophene rings is 1. The van der Waals surface area contributed by atoms with E-state index < -0.39 is 5.60 Å². The van der Waals surface area contributed by atoms with E-state index in [0.29, 0.717) is 6.54 Å². The number of aliphatic hydroxyl groups is 1. The van der Waals surface area contributed by atoms with Gasteiger partial charge in [-0.15, -0.1) is 11.3 Å². The van der Waals surface area contributed by atoms with E-state index in [1.807, 2.05) is 32.9 Å². The Bertz CT molecular complexity index is 373. The lowest BCUT2D eigenvalue weighted by molar-refractivity contribution is 0.0193. The summed E-state index contributed by atoms with van der Waals surface area (Å²) >= 11 is 7.56. The predicted octanol–water partition coefficient (Wildman–Crippen LogP) is 2.88. The smallest absolute Gasteiger partial charge is 0.0931 e. The molecule has 2 unspecified atom stereocenters. The predicted molar refractivity (Wildman–Crippen MR) is 79.3 cm³/mol. The van der Waals surface area contributed by atoms with Crippen molar-refractivity contribution in [2.24, 2.45) is 5.73 Å². The second-order valence-electron chi connectivity index (χ2n) is 5.32. The third-order valence-electron chi connectivity index (χ3n) is 2.77. The third-order valence-corrected chi connectivity index (χ3v) is 4.07. The topological polar surface area (TPSA) is 49.5 Å². The molecule has 1 aromatic heterocycles. The van der Waals surface area contributed by atoms with Gasteiger partial charge in [0.05, 0.1) is 16.0 Å². The minimum atomic E-state index is -0.732. The highest BCUT2D eigenvalue weighted by Crippen LogP contribution is 2.32. The molecule has 0 spiro atoms. The van der Waals surface area contributed by atoms with Crippen LogP contribution in [0.1, 0.15) is 38.6 Å². The molecule has 3 nitrogen and oxygen atoms in total. The third kappa shape index (κ3) is 4.52. The van der Waals surface area contributed by atoms with E-state index in [0.717, 1.165) is 15.8 Å². The molecule has 1 aromatic rings. The SMILES string of the molecule is CCN(CC(C)(C)O)C(c1ccc(Cl)s1)C(C)N. The number of nitrogens with two attached hydrogens (primary N) is 1. The summed E-state index contributed by atoms with van der Waals surface area (Å²) in [4.78, 5) is 3.36. The van der Waals surface area contributed by atoms with Gasteiger partial charge in [0.2, 0.25) is 0 Å². The van der Waals surface area contributed by atoms with Crippen LogP contribution in [0.3, 0.4) is 0 Å². The van der Waals surface area contributed by atoms with Crippen LogP contribution in [0.4, 0.5) is 0 Å². The van der Waals surface area contributed by atoms with E-state index >= 15 is 0 Å². The van der Waals surface area contributed by atoms with Gasteiger partial charge >= 0.3 is 0 Å². The number of hydrogen-bond acceptors (Lipinski definition) is 4. The van der Waals surface area contributed by atoms with Gasteiger partial charge in [-0.1, -0.05) is 18.5 Å². The molecule has 0 aliphatic heterocycles. The minimum absolute atomic E-state index is 0.0120. The summed E-state index contributed by atoms with van der Waals surface area (Å²) in [5, 5.41) is 10.00. The molecule has 18 heavy (non-hydrogen) atoms. The molecule has 2 atom stereocenters. The fraction of sp³-hybridized carbons (Fsp3) is 0.692. The van der Waals surface area contributed by atoms with Crippen LogP contribution in [0.25, 0.3) is 0 Å². The van der Waals surface area contributed by atoms with Crippen molar-refractivity contribution in [3.8, 4) is 0 Å². The molecule has 0 saturated heterocycles. The zero-order valence-corrected chi connectivity index (χ0v) is 13.1. The van der Waals surface area contributed by atoms with Crippen LogP contribution in [0.5, 0.6) is 0 Å². The number of hydrogen-bond donors (Lipinski definition) is 2. The number of rotatable bonds is 6. The van der Waals surface area contributed by atoms with E-state index in [-0.39, 0.29) is 12.1 Å². The Labute approximate surface area is 119 Å². The normalized spacial score (nSPS) is 16.0. The zero-order chi connectivity index (χ0) is 13.9. The van der Waals surface area contributed by atoms with Crippen molar-refractivity contribution in [1.82, 2.24) is 4.90 Å². The van der Waals surface area contributed by atoms with Crippen molar-refractivity contribution in [3.63, 3.8) is 0 Å². The van der Waals surface area contributed by atoms with E-state index in [1.54, 1.807) is 11.3 Å². The maximum atomic E-state index is 10.00. The van der Waals surface area contributed by atoms with Crippen molar-refractivity contribution < 1.29 is 5.11 Å². The fourth-order valence-corrected chi connectivity index (χ4v) is 3.47. The molecule has 3 N–H and O–H groups in total. The fourth-order valence-electron chi connectivity index (χ4n) is 2.16. The van der Waals surface area contributed by atoms with Gasteiger partial charge in [0, 0.05) is 17.5 Å². The molecule has 0 aliphatic rings. The summed E-state index contributed by atoms with van der Waals surface area (Å²) in [7, 11) is 0. The molecule has 0 fully saturated rings. The zero-order valence-electron chi connectivity index (χ0n) is 11.5. The molecule has 1 heterocycles. The van der Waals surface area contributed by atoms with E-state index in [2.05, 4.69) is 11.8 Å². The molecule has 1 rings (SSSR count). The van der Waals surface area contributed by atoms with Gasteiger partial charge in [-0.2, -0.15) is 0 Å². The van der Waals surface area contributed by atoms with Gasteiger partial charge in [-0.05, 0) is 39.4 Å². The van der Waals surface area contributed by atoms with Crippen molar-refractivity contribution >= 4 is 22.9 Å². The van der Waals surface area contributed by atoms with Crippen molar-refractivity contribution in [1.29, 1.82) is 0 Å². The summed E-state index contributed by atoms with van der Waals surface area (Å²) in [6.45, 7) is 9.13. The van der Waals surface area contributed by atoms with E-state index in [1.165, 1.54) is 0 Å². The highest BCUT2D eigenvalue weighted by molar-refractivity contribution is 7.16. The van der Waals surface area contributed by atoms with Crippen LogP contribution in [0.2, 0.25) is 4.34 Å². The summed E-state index contributed by atoms with van der Waals surface area (Å²) in [6, 6.07) is 4.00. The second kappa shape index (κ2) is 6.35. The lowest BCUT2D eigenvalue weighted by atomic mass is 10.0. The first-order valence-electron chi connectivity index (χ1n) is 6.22. The second-order valence-corrected chi connectivity index (χ2v) is 7.07. The van der Waals surface area contributed by atoms with Crippen molar-refractivity contribution in [2.45, 2.75) is 45.4 Å². The molecule has 0 radical (unpaired) electrons. The molecule has 5 heteroatoms. The molecule has 0 amide bonds. The maximum absolute atomic E-state index is 10.00. The van der Waals surface area contributed by atoms with E-state index in [4.69, 9.17) is 17.3 Å². The molecule has 0 aromatic carbocycles. The number of nitrogens with zero attached hydrogens (tertiary/aromatic N) is 1. The maximum Gasteiger partial charge on any atom is 0.0931 e. The average molecular weight is 291 g/mol. The number of likely N-dealkylation sites (N-methyl/N-ethyl adjacent to an activating group) is 1. The van der Waals surface area contributed by atoms with Gasteiger partial charge in [-0.3, -0.25) is 4.90 Å². The Morgan fingerprint density at radius 3 is 2.44 bits per heavy atom. The Morgan fingerprint density at radius 2 is 2.11 bits per heavy atom. The Hall–Kier alpha value is -0.130. The molecular weight excluding hydrogens is 268 g/mol. The first kappa shape index (κ1) is 15.9. The van der Waals surface area contributed by atoms with E-state index in [9.17, 15) is 5.11 Å². The number of halogens is 1. The summed E-state index contributed by atoms with van der Waals surface area (Å²) < 4.78 is 0.773. The van der Waals surface area contributed by atoms with Crippen LogP contribution in [-0.4, -0.2) is 34.7 Å². The minimum Gasteiger partial charge on any atom is -0.389 e. The van der Waals surface area contributed by atoms with Gasteiger partial charge < -0.3 is 10.8 Å². The first-order valence-corrected chi connectivity index (χ1v) is 7.41. The molecule has 0 bridgehead atoms. The summed E-state index contributed by atoms with van der Waals surface area (Å²) in [5.41, 5.74) is 5.38. The highest BCUT2D eigenvalue weighted by atomic mass is 35.5. The Balaban J connectivity index is 2.96. The van der Waals surface area contributed by atoms with Gasteiger partial charge in [0.25, 0.3) is 0 Å². The quantitative estimate of drug-likeness (QED) is 0.847. The van der Waals surface area contributed by atoms with Gasteiger partial charge in [-0.25, -0.2) is 0 Å². The highest BCUT2D eigenvalue weighted by Gasteiger charge is 2.28. The van der Waals surface area contributed by atoms with Gasteiger partial charge in [0.15, 0.2) is 0 Å². The summed E-state index contributed by atoms with van der Waals surface area (Å²) in [6.07, 6.45) is 0. The van der Waals surface area contributed by atoms with Gasteiger partial charge in [0.1, 0.15) is 0 Å². The van der Waals surface area contributed by atoms with Crippen LogP contribution >= 0.6 is 22.9 Å². The summed E-state index contributed by atoms with van der Waals surface area (Å²) in [5.74, 6) is 0. The lowest BCUT2D eigenvalue weighted by Crippen LogP contribution is -2.45. The van der Waals surface area contributed by atoms with Crippen LogP contribution < -0.4 is 5.73 Å². The molecule has 104 valence electrons. The largest absolute Gasteiger partial charge is 0.389 e. The standard InChI is InChI=1S/C13H23ClN2OS/c1-5-16(8-13(3,4)17)12(9(2)15)10-6-7-11(14)18-10/h6-7,9,12,17H,5,8,15H2,1-4H3. The average Bonchev–Trinajstić information content (AvgIpc) is 2.61.